The van der Waals surface area contributed by atoms with Crippen LogP contribution in [0.15, 0.2) is 23.1 Å². The number of thioether (sulfide) groups is 1. The largest absolute Gasteiger partial charge is 2.00 e. The number of hydrogen-bond acceptors (Lipinski definition) is 1. The normalized spacial score (nSPS) is 17.9. The minimum absolute atomic E-state index is 0. The Labute approximate surface area is 131 Å². The summed E-state index contributed by atoms with van der Waals surface area (Å²) in [7, 11) is 0. The van der Waals surface area contributed by atoms with Crippen LogP contribution in [0.5, 0.6) is 0 Å². The maximum absolute atomic E-state index is 2.34. The second kappa shape index (κ2) is 6.45. The zero-order valence-corrected chi connectivity index (χ0v) is 13.5. The van der Waals surface area contributed by atoms with Crippen molar-refractivity contribution in [2.45, 2.75) is 17.1 Å². The van der Waals surface area contributed by atoms with Gasteiger partial charge in [-0.05, 0) is 22.9 Å². The summed E-state index contributed by atoms with van der Waals surface area (Å²) in [6.45, 7) is 2.25. The smallest absolute Gasteiger partial charge is 1.00 e. The first-order valence-corrected chi connectivity index (χ1v) is 5.42. The molecule has 0 spiro atoms. The average Bonchev–Trinajstić information content (AvgIpc) is 2.65. The van der Waals surface area contributed by atoms with Crippen molar-refractivity contribution in [2.75, 3.05) is 0 Å². The number of hydrogen-bond donors (Lipinski definition) is 0. The van der Waals surface area contributed by atoms with Crippen LogP contribution in [0.2, 0.25) is 0 Å². The van der Waals surface area contributed by atoms with Gasteiger partial charge in [0, 0.05) is 10.1 Å². The van der Waals surface area contributed by atoms with Crippen LogP contribution in [0, 0.1) is 0 Å². The minimum atomic E-state index is 0. The second-order valence-electron chi connectivity index (χ2n) is 3.50. The Bertz CT molecular complexity index is 523. The Morgan fingerprint density at radius 2 is 1.81 bits per heavy atom. The molecule has 2 aliphatic rings. The van der Waals surface area contributed by atoms with E-state index in [9.17, 15) is 0 Å². The molecule has 1 aromatic carbocycles. The summed E-state index contributed by atoms with van der Waals surface area (Å²) in [5.74, 6) is 0. The number of benzene rings is 1. The van der Waals surface area contributed by atoms with E-state index in [2.05, 4.69) is 43.4 Å². The van der Waals surface area contributed by atoms with E-state index in [1.165, 1.54) is 20.9 Å². The maximum Gasteiger partial charge on any atom is 2.00 e. The average molecular weight is 348 g/mol. The standard InChI is InChI=1S/C12H10S.2ClH.Zr/c1-8-7-10-6-5-9-3-2-4-11(9)12(10)13-8;;;/h2-8H,1H3;2*1H;/q;;;+2/p-2. The number of halogens is 2. The van der Waals surface area contributed by atoms with Gasteiger partial charge in [0.25, 0.3) is 0 Å². The third kappa shape index (κ3) is 2.67. The van der Waals surface area contributed by atoms with Crippen molar-refractivity contribution >= 4 is 30.0 Å². The Morgan fingerprint density at radius 1 is 1.12 bits per heavy atom. The summed E-state index contributed by atoms with van der Waals surface area (Å²) in [4.78, 5) is 1.47. The molecule has 1 aromatic rings. The molecule has 0 saturated heterocycles. The van der Waals surface area contributed by atoms with E-state index < -0.39 is 0 Å². The maximum atomic E-state index is 2.34. The van der Waals surface area contributed by atoms with E-state index in [4.69, 9.17) is 0 Å². The third-order valence-electron chi connectivity index (χ3n) is 2.52. The van der Waals surface area contributed by atoms with E-state index in [0.717, 1.165) is 0 Å². The molecule has 82 valence electrons. The van der Waals surface area contributed by atoms with Crippen molar-refractivity contribution in [2.24, 2.45) is 0 Å². The van der Waals surface area contributed by atoms with Crippen molar-refractivity contribution in [3.05, 3.63) is 34.2 Å². The number of rotatable bonds is 0. The van der Waals surface area contributed by atoms with Crippen molar-refractivity contribution < 1.29 is 51.0 Å². The van der Waals surface area contributed by atoms with Crippen LogP contribution in [0.3, 0.4) is 0 Å². The molecular formula is C12H10Cl2SZr. The first kappa shape index (κ1) is 16.5. The van der Waals surface area contributed by atoms with Gasteiger partial charge in [-0.25, -0.2) is 0 Å². The van der Waals surface area contributed by atoms with Crippen LogP contribution in [0.1, 0.15) is 12.5 Å². The van der Waals surface area contributed by atoms with Crippen LogP contribution < -0.4 is 35.3 Å². The summed E-state index contributed by atoms with van der Waals surface area (Å²) in [6, 6.07) is 4.44. The Morgan fingerprint density at radius 3 is 2.56 bits per heavy atom. The summed E-state index contributed by atoms with van der Waals surface area (Å²) in [5, 5.41) is 3.42. The fourth-order valence-electron chi connectivity index (χ4n) is 1.93. The molecule has 1 atom stereocenters. The van der Waals surface area contributed by atoms with E-state index in [1.54, 1.807) is 0 Å². The van der Waals surface area contributed by atoms with Crippen LogP contribution in [0.4, 0.5) is 0 Å². The third-order valence-corrected chi connectivity index (χ3v) is 3.72. The summed E-state index contributed by atoms with van der Waals surface area (Å²) < 4.78 is 0. The predicted molar refractivity (Wildman–Crippen MR) is 59.0 cm³/mol. The van der Waals surface area contributed by atoms with Crippen molar-refractivity contribution in [1.29, 1.82) is 0 Å². The summed E-state index contributed by atoms with van der Waals surface area (Å²) >= 11 is 1.97. The zero-order valence-electron chi connectivity index (χ0n) is 8.71. The molecule has 4 heteroatoms. The molecule has 3 rings (SSSR count). The molecule has 0 aromatic heterocycles. The SMILES string of the molecule is CC1C=c2ccc3c(c2S1)C=CC=3.[Cl-].[Cl-].[Zr+2]. The molecule has 16 heavy (non-hydrogen) atoms. The van der Waals surface area contributed by atoms with Gasteiger partial charge < -0.3 is 24.8 Å². The van der Waals surface area contributed by atoms with Gasteiger partial charge in [-0.1, -0.05) is 36.4 Å². The van der Waals surface area contributed by atoms with Gasteiger partial charge in [-0.3, -0.25) is 0 Å². The quantitative estimate of drug-likeness (QED) is 0.458. The Balaban J connectivity index is 0.000000750. The topological polar surface area (TPSA) is 0 Å². The first-order valence-electron chi connectivity index (χ1n) is 4.54. The summed E-state index contributed by atoms with van der Waals surface area (Å²) in [5.41, 5.74) is 1.42. The van der Waals surface area contributed by atoms with E-state index in [1.807, 2.05) is 11.8 Å². The van der Waals surface area contributed by atoms with Gasteiger partial charge in [-0.2, -0.15) is 0 Å². The van der Waals surface area contributed by atoms with Crippen LogP contribution in [-0.4, -0.2) is 5.25 Å². The first-order chi connectivity index (χ1) is 6.34. The van der Waals surface area contributed by atoms with Gasteiger partial charge in [0.15, 0.2) is 0 Å². The Hall–Kier alpha value is 0.513. The monoisotopic (exact) mass is 346 g/mol. The zero-order chi connectivity index (χ0) is 8.84. The molecule has 1 unspecified atom stereocenters. The van der Waals surface area contributed by atoms with E-state index in [-0.39, 0.29) is 51.0 Å². The molecule has 0 N–H and O–H groups in total. The van der Waals surface area contributed by atoms with Gasteiger partial charge >= 0.3 is 26.2 Å². The molecule has 0 amide bonds. The molecule has 0 radical (unpaired) electrons. The van der Waals surface area contributed by atoms with E-state index in [0.29, 0.717) is 5.25 Å². The van der Waals surface area contributed by atoms with Crippen LogP contribution in [-0.2, 0) is 26.2 Å². The molecule has 0 saturated carbocycles. The van der Waals surface area contributed by atoms with Crippen molar-refractivity contribution in [3.8, 4) is 0 Å². The van der Waals surface area contributed by atoms with Crippen LogP contribution in [0.25, 0.3) is 18.2 Å². The van der Waals surface area contributed by atoms with Gasteiger partial charge in [-0.15, -0.1) is 11.8 Å². The van der Waals surface area contributed by atoms with Gasteiger partial charge in [0.05, 0.1) is 0 Å². The Kier molecular flexibility index (Phi) is 6.65. The van der Waals surface area contributed by atoms with Crippen molar-refractivity contribution in [3.63, 3.8) is 0 Å². The molecule has 1 aliphatic carbocycles. The predicted octanol–water partition coefficient (Wildman–Crippen LogP) is -4.23. The van der Waals surface area contributed by atoms with Crippen molar-refractivity contribution in [1.82, 2.24) is 0 Å². The molecule has 0 bridgehead atoms. The summed E-state index contributed by atoms with van der Waals surface area (Å²) in [6.07, 6.45) is 8.87. The van der Waals surface area contributed by atoms with E-state index >= 15 is 0 Å². The molecule has 1 heterocycles. The molecule has 1 aliphatic heterocycles. The fraction of sp³-hybridized carbons (Fsp3) is 0.167. The number of allylic oxidation sites excluding steroid dienone is 1. The van der Waals surface area contributed by atoms with Crippen LogP contribution >= 0.6 is 11.8 Å². The van der Waals surface area contributed by atoms with Gasteiger partial charge in [0.1, 0.15) is 0 Å². The van der Waals surface area contributed by atoms with Gasteiger partial charge in [0.2, 0.25) is 0 Å². The molecular weight excluding hydrogens is 338 g/mol. The second-order valence-corrected chi connectivity index (χ2v) is 4.89. The molecule has 0 nitrogen and oxygen atoms in total. The molecule has 0 fully saturated rings. The minimum Gasteiger partial charge on any atom is -1.00 e. The number of fused-ring (bicyclic) bond motifs is 3. The fourth-order valence-corrected chi connectivity index (χ4v) is 3.10.